The standard InChI is InChI=1S/C13Br27/c14-1(15)2(16,17)3(18,19)4(20,21)5(22,23)6(24,25)7(26,27)8(28,29)9(30,31)10(32,33)11(34,35)12(36,37)13(38,39)40. The molecule has 0 aliphatic carbocycles. The van der Waals surface area contributed by atoms with Crippen molar-refractivity contribution in [1.29, 1.82) is 0 Å². The van der Waals surface area contributed by atoms with E-state index in [4.69, 9.17) is 0 Å². The summed E-state index contributed by atoms with van der Waals surface area (Å²) >= 11 is 103. The zero-order valence-corrected chi connectivity index (χ0v) is 59.5. The summed E-state index contributed by atoms with van der Waals surface area (Å²) in [5, 5.41) is 0. The lowest BCUT2D eigenvalue weighted by molar-refractivity contribution is 0.545. The van der Waals surface area contributed by atoms with Gasteiger partial charge in [0.25, 0.3) is 0 Å². The van der Waals surface area contributed by atoms with E-state index in [0.29, 0.717) is 3.74 Å². The number of hydrogen-bond acceptors (Lipinski definition) is 0. The monoisotopic (exact) mass is 2290 g/mol. The van der Waals surface area contributed by atoms with Crippen molar-refractivity contribution in [3.63, 3.8) is 0 Å². The van der Waals surface area contributed by atoms with Crippen LogP contribution in [0.25, 0.3) is 0 Å². The second-order valence-corrected chi connectivity index (χ2v) is 54.4. The van der Waals surface area contributed by atoms with Crippen LogP contribution in [0.1, 0.15) is 0 Å². The molecule has 0 aromatic rings. The molecule has 0 aromatic carbocycles. The molecule has 0 nitrogen and oxygen atoms in total. The van der Waals surface area contributed by atoms with Gasteiger partial charge in [-0.25, -0.2) is 0 Å². The molecule has 0 saturated carbocycles. The van der Waals surface area contributed by atoms with Crippen molar-refractivity contribution in [2.24, 2.45) is 0 Å². The third-order valence-electron chi connectivity index (χ3n) is 4.54. The SMILES string of the molecule is Br[C](Br)C(Br)(Br)C(Br)(Br)C(Br)(Br)C(Br)(Br)C(Br)(Br)C(Br)(Br)C(Br)(Br)C(Br)(Br)C(Br)(Br)C(Br)(Br)C(Br)(Br)C(Br)(Br)Br. The van der Waals surface area contributed by atoms with Gasteiger partial charge in [-0.2, -0.15) is 0 Å². The number of halogens is 27. The molecule has 241 valence electrons. The van der Waals surface area contributed by atoms with Gasteiger partial charge in [0.15, 0.2) is 2.14 Å². The summed E-state index contributed by atoms with van der Waals surface area (Å²) in [6, 6.07) is 0. The molecule has 0 aromatic heterocycles. The van der Waals surface area contributed by atoms with Gasteiger partial charge in [0.05, 0.1) is 0 Å². The minimum Gasteiger partial charge on any atom is -0.0675 e. The second-order valence-electron chi connectivity index (χ2n) is 7.08. The molecule has 0 amide bonds. The number of rotatable bonds is 11. The van der Waals surface area contributed by atoms with Crippen molar-refractivity contribution in [2.45, 2.75) is 37.7 Å². The Morgan fingerprint density at radius 2 is 0.375 bits per heavy atom. The van der Waals surface area contributed by atoms with E-state index in [2.05, 4.69) is 430 Å². The minimum atomic E-state index is -1.20. The smallest absolute Gasteiger partial charge is 0.0675 e. The quantitative estimate of drug-likeness (QED) is 0.181. The molecule has 1 radical (unpaired) electrons. The molecule has 0 aliphatic heterocycles. The van der Waals surface area contributed by atoms with E-state index in [9.17, 15) is 0 Å². The lowest BCUT2D eigenvalue weighted by Gasteiger charge is -2.60. The molecule has 0 N–H and O–H groups in total. The van der Waals surface area contributed by atoms with Crippen LogP contribution < -0.4 is 0 Å². The maximum absolute atomic E-state index is 3.95. The van der Waals surface area contributed by atoms with E-state index < -0.39 is 37.7 Å². The largest absolute Gasteiger partial charge is 0.162 e. The maximum Gasteiger partial charge on any atom is 0.162 e. The van der Waals surface area contributed by atoms with Crippen molar-refractivity contribution in [1.82, 2.24) is 0 Å². The minimum absolute atomic E-state index is 0.651. The molecule has 0 atom stereocenters. The van der Waals surface area contributed by atoms with Gasteiger partial charge in [-0.05, 0) is 0 Å². The van der Waals surface area contributed by atoms with Crippen LogP contribution in [0.4, 0.5) is 0 Å². The van der Waals surface area contributed by atoms with Gasteiger partial charge < -0.3 is 0 Å². The molecular formula is C13Br27. The molecule has 27 heteroatoms. The van der Waals surface area contributed by atoms with Gasteiger partial charge in [-0.15, -0.1) is 0 Å². The molecule has 0 aliphatic rings. The topological polar surface area (TPSA) is 0 Å². The molecule has 0 fully saturated rings. The van der Waals surface area contributed by atoms with Crippen molar-refractivity contribution < 1.29 is 0 Å². The molecule has 0 spiro atoms. The molecule has 0 saturated heterocycles. The van der Waals surface area contributed by atoms with Crippen molar-refractivity contribution >= 4 is 430 Å². The molecule has 40 heavy (non-hydrogen) atoms. The van der Waals surface area contributed by atoms with E-state index in [-0.39, 0.29) is 0 Å². The summed E-state index contributed by atoms with van der Waals surface area (Å²) in [4.78, 5) is 0. The van der Waals surface area contributed by atoms with Crippen LogP contribution in [0.15, 0.2) is 0 Å². The molecule has 0 unspecified atom stereocenters. The molecule has 0 rings (SSSR count). The highest BCUT2D eigenvalue weighted by Crippen LogP contribution is 2.81. The highest BCUT2D eigenvalue weighted by Gasteiger charge is 2.81. The first kappa shape index (κ1) is 53.0. The highest BCUT2D eigenvalue weighted by molar-refractivity contribution is 9.42. The summed E-state index contributed by atoms with van der Waals surface area (Å²) in [7, 11) is 0. The Labute approximate surface area is 460 Å². The van der Waals surface area contributed by atoms with Crippen LogP contribution in [-0.4, -0.2) is 37.7 Å². The zero-order chi connectivity index (χ0) is 33.6. The fourth-order valence-electron chi connectivity index (χ4n) is 2.07. The molecular weight excluding hydrogens is 2310 g/mol. The highest BCUT2D eigenvalue weighted by atomic mass is 80.0. The van der Waals surface area contributed by atoms with Gasteiger partial charge in [0.2, 0.25) is 0 Å². The predicted octanol–water partition coefficient (Wildman–Crippen LogP) is 20.5. The van der Waals surface area contributed by atoms with Gasteiger partial charge in [-0.3, -0.25) is 0 Å². The Morgan fingerprint density at radius 3 is 0.525 bits per heavy atom. The summed E-state index contributed by atoms with van der Waals surface area (Å²) < 4.78 is -12.3. The van der Waals surface area contributed by atoms with Gasteiger partial charge in [0.1, 0.15) is 39.3 Å². The lowest BCUT2D eigenvalue weighted by atomic mass is 10.0. The van der Waals surface area contributed by atoms with Crippen molar-refractivity contribution in [3.8, 4) is 0 Å². The van der Waals surface area contributed by atoms with E-state index in [1.165, 1.54) is 0 Å². The van der Waals surface area contributed by atoms with Crippen molar-refractivity contribution in [2.75, 3.05) is 0 Å². The first-order chi connectivity index (χ1) is 16.7. The number of hydrogen-bond donors (Lipinski definition) is 0. The summed E-state index contributed by atoms with van der Waals surface area (Å²) in [5.74, 6) is 0. The van der Waals surface area contributed by atoms with E-state index >= 15 is 0 Å². The van der Waals surface area contributed by atoms with E-state index in [1.807, 2.05) is 0 Å². The fraction of sp³-hybridized carbons (Fsp3) is 0.923. The van der Waals surface area contributed by atoms with Crippen LogP contribution in [0.5, 0.6) is 0 Å². The van der Waals surface area contributed by atoms with Crippen LogP contribution in [0, 0.1) is 3.74 Å². The summed E-state index contributed by atoms with van der Waals surface area (Å²) in [6.45, 7) is 0. The molecule has 0 heterocycles. The van der Waals surface area contributed by atoms with Crippen molar-refractivity contribution in [3.05, 3.63) is 3.74 Å². The summed E-state index contributed by atoms with van der Waals surface area (Å²) in [6.07, 6.45) is 0. The lowest BCUT2D eigenvalue weighted by Crippen LogP contribution is -2.72. The fourth-order valence-corrected chi connectivity index (χ4v) is 27.5. The normalized spacial score (nSPS) is 17.1. The predicted molar refractivity (Wildman–Crippen MR) is 277 cm³/mol. The average molecular weight is 2310 g/mol. The van der Waals surface area contributed by atoms with Crippen LogP contribution in [-0.2, 0) is 0 Å². The van der Waals surface area contributed by atoms with Crippen LogP contribution in [0.2, 0.25) is 0 Å². The Morgan fingerprint density at radius 1 is 0.225 bits per heavy atom. The average Bonchev–Trinajstić information content (AvgIpc) is 2.71. The van der Waals surface area contributed by atoms with Gasteiger partial charge >= 0.3 is 0 Å². The van der Waals surface area contributed by atoms with Crippen LogP contribution >= 0.6 is 430 Å². The third kappa shape index (κ3) is 9.14. The maximum atomic E-state index is 3.95. The van der Waals surface area contributed by atoms with E-state index in [0.717, 1.165) is 0 Å². The van der Waals surface area contributed by atoms with Gasteiger partial charge in [0, 0.05) is 0 Å². The summed E-state index contributed by atoms with van der Waals surface area (Å²) in [5.41, 5.74) is 0. The number of alkyl halides is 25. The first-order valence-electron chi connectivity index (χ1n) is 8.10. The Hall–Kier alpha value is 13.0. The van der Waals surface area contributed by atoms with Gasteiger partial charge in [-0.1, -0.05) is 430 Å². The second kappa shape index (κ2) is 17.4. The Bertz CT molecular complexity index is 915. The van der Waals surface area contributed by atoms with E-state index in [1.54, 1.807) is 0 Å². The first-order valence-corrected chi connectivity index (χ1v) is 29.5. The third-order valence-corrected chi connectivity index (χ3v) is 59.9. The van der Waals surface area contributed by atoms with Crippen LogP contribution in [0.3, 0.4) is 0 Å². The Balaban J connectivity index is 7.35. The Kier molecular flexibility index (Phi) is 23.1. The molecule has 0 bridgehead atoms. The zero-order valence-electron chi connectivity index (χ0n) is 16.7.